The maximum absolute atomic E-state index is 3.92. The van der Waals surface area contributed by atoms with Crippen molar-refractivity contribution in [1.29, 1.82) is 0 Å². The third-order valence-electron chi connectivity index (χ3n) is 1.16. The van der Waals surface area contributed by atoms with Gasteiger partial charge in [-0.05, 0) is 12.1 Å². The van der Waals surface area contributed by atoms with E-state index in [0.29, 0.717) is 0 Å². The topological polar surface area (TPSA) is 41.6 Å². The molecule has 0 amide bonds. The van der Waals surface area contributed by atoms with E-state index in [1.165, 1.54) is 0 Å². The summed E-state index contributed by atoms with van der Waals surface area (Å²) < 4.78 is 0. The molecule has 9 heavy (non-hydrogen) atoms. The summed E-state index contributed by atoms with van der Waals surface area (Å²) in [6.07, 6.45) is 4.39. The van der Waals surface area contributed by atoms with Crippen LogP contribution in [0.1, 0.15) is 0 Å². The largest absolute Gasteiger partial charge is 0.276 e. The molecule has 2 rings (SSSR count). The van der Waals surface area contributed by atoms with Gasteiger partial charge >= 0.3 is 0 Å². The Kier molecular flexibility index (Phi) is 0.773. The highest BCUT2D eigenvalue weighted by molar-refractivity contribution is 5.53. The van der Waals surface area contributed by atoms with Crippen molar-refractivity contribution in [3.63, 3.8) is 0 Å². The third-order valence-corrected chi connectivity index (χ3v) is 1.16. The van der Waals surface area contributed by atoms with Gasteiger partial charge in [0.2, 0.25) is 0 Å². The minimum Gasteiger partial charge on any atom is -0.276 e. The number of hydrogen-bond donors (Lipinski definition) is 1. The van der Waals surface area contributed by atoms with E-state index in [-0.39, 0.29) is 0 Å². The van der Waals surface area contributed by atoms with Gasteiger partial charge in [-0.2, -0.15) is 5.10 Å². The second-order valence-corrected chi connectivity index (χ2v) is 1.74. The van der Waals surface area contributed by atoms with E-state index in [4.69, 9.17) is 0 Å². The van der Waals surface area contributed by atoms with E-state index < -0.39 is 0 Å². The minimum absolute atomic E-state index is 0.907. The first-order chi connectivity index (χ1) is 4.47. The second kappa shape index (κ2) is 1.55. The molecular formula is C6H4N3. The Balaban J connectivity index is 2.79. The monoisotopic (exact) mass is 118 g/mol. The van der Waals surface area contributed by atoms with E-state index in [1.54, 1.807) is 12.3 Å². The fourth-order valence-electron chi connectivity index (χ4n) is 0.732. The van der Waals surface area contributed by atoms with Crippen molar-refractivity contribution in [3.8, 4) is 11.4 Å². The molecule has 0 aliphatic carbocycles. The van der Waals surface area contributed by atoms with E-state index in [9.17, 15) is 0 Å². The zero-order chi connectivity index (χ0) is 6.10. The summed E-state index contributed by atoms with van der Waals surface area (Å²) in [6.45, 7) is 0. The van der Waals surface area contributed by atoms with Crippen LogP contribution in [0.15, 0.2) is 18.3 Å². The maximum Gasteiger partial charge on any atom is 0.0917 e. The number of rotatable bonds is 0. The molecule has 3 nitrogen and oxygen atoms in total. The Morgan fingerprint density at radius 2 is 2.56 bits per heavy atom. The predicted molar refractivity (Wildman–Crippen MR) is 31.8 cm³/mol. The molecular weight excluding hydrogens is 114 g/mol. The van der Waals surface area contributed by atoms with Gasteiger partial charge in [0.25, 0.3) is 0 Å². The van der Waals surface area contributed by atoms with Crippen molar-refractivity contribution in [2.45, 2.75) is 0 Å². The van der Waals surface area contributed by atoms with Crippen LogP contribution in [0.2, 0.25) is 0 Å². The normalized spacial score (nSPS) is 10.2. The Hall–Kier alpha value is -1.38. The molecule has 0 unspecified atom stereocenters. The third kappa shape index (κ3) is 0.579. The second-order valence-electron chi connectivity index (χ2n) is 1.74. The Morgan fingerprint density at radius 3 is 3.44 bits per heavy atom. The molecule has 0 saturated carbocycles. The van der Waals surface area contributed by atoms with Crippen molar-refractivity contribution in [1.82, 2.24) is 15.2 Å². The highest BCUT2D eigenvalue weighted by Gasteiger charge is 1.99. The Labute approximate surface area is 52.1 Å². The molecule has 0 atom stereocenters. The summed E-state index contributed by atoms with van der Waals surface area (Å²) in [7, 11) is 0. The Morgan fingerprint density at radius 1 is 1.56 bits per heavy atom. The van der Waals surface area contributed by atoms with Crippen molar-refractivity contribution >= 4 is 0 Å². The van der Waals surface area contributed by atoms with Gasteiger partial charge in [0.05, 0.1) is 17.6 Å². The van der Waals surface area contributed by atoms with Gasteiger partial charge < -0.3 is 0 Å². The average molecular weight is 118 g/mol. The average Bonchev–Trinajstić information content (AvgIpc) is 2.33. The van der Waals surface area contributed by atoms with Gasteiger partial charge in [0.1, 0.15) is 0 Å². The molecule has 0 aromatic carbocycles. The number of nitrogens with zero attached hydrogens (tertiary/aromatic N) is 2. The predicted octanol–water partition coefficient (Wildman–Crippen LogP) is 0.710. The summed E-state index contributed by atoms with van der Waals surface area (Å²) in [5.41, 5.74) is 1.84. The fraction of sp³-hybridized carbons (Fsp3) is 0. The van der Waals surface area contributed by atoms with Crippen molar-refractivity contribution in [2.75, 3.05) is 0 Å². The Bertz CT molecular complexity index is 248. The summed E-state index contributed by atoms with van der Waals surface area (Å²) in [4.78, 5) is 3.92. The zero-order valence-electron chi connectivity index (χ0n) is 4.63. The van der Waals surface area contributed by atoms with Crippen LogP contribution >= 0.6 is 0 Å². The van der Waals surface area contributed by atoms with Crippen LogP contribution in [0, 0.1) is 6.20 Å². The quantitative estimate of drug-likeness (QED) is 0.553. The highest BCUT2D eigenvalue weighted by Crippen LogP contribution is 2.12. The highest BCUT2D eigenvalue weighted by atomic mass is 15.1. The van der Waals surface area contributed by atoms with Gasteiger partial charge in [0, 0.05) is 6.20 Å². The number of H-pyrrole nitrogens is 1. The minimum atomic E-state index is 0.907. The maximum atomic E-state index is 3.92. The molecule has 1 radical (unpaired) electrons. The van der Waals surface area contributed by atoms with Crippen LogP contribution < -0.4 is 0 Å². The van der Waals surface area contributed by atoms with E-state index >= 15 is 0 Å². The molecule has 0 aromatic heterocycles. The van der Waals surface area contributed by atoms with E-state index in [1.807, 2.05) is 6.07 Å². The first kappa shape index (κ1) is 4.49. The van der Waals surface area contributed by atoms with Crippen LogP contribution in [-0.2, 0) is 0 Å². The number of nitrogens with one attached hydrogen (secondary N) is 1. The summed E-state index contributed by atoms with van der Waals surface area (Å²) >= 11 is 0. The molecule has 2 heterocycles. The molecule has 0 bridgehead atoms. The van der Waals surface area contributed by atoms with Crippen LogP contribution in [0.3, 0.4) is 0 Å². The zero-order valence-corrected chi connectivity index (χ0v) is 4.63. The number of hydrogen-bond acceptors (Lipinski definition) is 2. The molecule has 43 valence electrons. The van der Waals surface area contributed by atoms with Gasteiger partial charge in [0.15, 0.2) is 0 Å². The summed E-state index contributed by atoms with van der Waals surface area (Å²) in [5, 5.41) is 6.59. The number of fused-ring (bicyclic) bond motifs is 1. The molecule has 0 spiro atoms. The van der Waals surface area contributed by atoms with Crippen molar-refractivity contribution in [3.05, 3.63) is 24.5 Å². The molecule has 0 saturated heterocycles. The molecule has 1 N–H and O–H groups in total. The molecule has 3 heteroatoms. The smallest absolute Gasteiger partial charge is 0.0917 e. The lowest BCUT2D eigenvalue weighted by Crippen LogP contribution is -1.83. The lowest BCUT2D eigenvalue weighted by molar-refractivity contribution is 1.03. The van der Waals surface area contributed by atoms with Gasteiger partial charge in [-0.1, -0.05) is 0 Å². The number of aromatic nitrogens is 3. The van der Waals surface area contributed by atoms with Crippen LogP contribution in [0.5, 0.6) is 0 Å². The molecule has 2 aliphatic heterocycles. The van der Waals surface area contributed by atoms with Crippen LogP contribution in [-0.4, -0.2) is 15.2 Å². The SMILES string of the molecule is [c]1cc2[nH]nccc-2n1. The van der Waals surface area contributed by atoms with Crippen molar-refractivity contribution < 1.29 is 0 Å². The van der Waals surface area contributed by atoms with E-state index in [2.05, 4.69) is 21.4 Å². The standard InChI is InChI=1S/C6H4N3/c1-3-7-5-2-4-8-9-6(1)5/h1-2,4,9H. The molecule has 0 aromatic rings. The molecule has 2 aliphatic rings. The summed E-state index contributed by atoms with van der Waals surface area (Å²) in [6, 6.07) is 3.60. The van der Waals surface area contributed by atoms with Gasteiger partial charge in [-0.3, -0.25) is 5.10 Å². The van der Waals surface area contributed by atoms with Gasteiger partial charge in [-0.15, -0.1) is 0 Å². The lowest BCUT2D eigenvalue weighted by atomic mass is 10.3. The first-order valence-electron chi connectivity index (χ1n) is 2.63. The van der Waals surface area contributed by atoms with Crippen LogP contribution in [0.4, 0.5) is 0 Å². The number of aromatic amines is 1. The van der Waals surface area contributed by atoms with Crippen LogP contribution in [0.25, 0.3) is 11.4 Å². The summed E-state index contributed by atoms with van der Waals surface area (Å²) in [5.74, 6) is 0. The van der Waals surface area contributed by atoms with E-state index in [0.717, 1.165) is 11.4 Å². The molecule has 0 fully saturated rings. The van der Waals surface area contributed by atoms with Crippen molar-refractivity contribution in [2.24, 2.45) is 0 Å². The lowest BCUT2D eigenvalue weighted by Gasteiger charge is -1.90. The van der Waals surface area contributed by atoms with Gasteiger partial charge in [-0.25, -0.2) is 4.98 Å². The first-order valence-corrected chi connectivity index (χ1v) is 2.63. The fourth-order valence-corrected chi connectivity index (χ4v) is 0.732.